The molecule has 0 atom stereocenters. The van der Waals surface area contributed by atoms with Gasteiger partial charge in [-0.25, -0.2) is 0 Å². The lowest BCUT2D eigenvalue weighted by Crippen LogP contribution is -2.42. The first kappa shape index (κ1) is 20.4. The topological polar surface area (TPSA) is 75.8 Å². The first-order valence-electron chi connectivity index (χ1n) is 9.17. The number of nitrogens with one attached hydrogen (secondary N) is 1. The van der Waals surface area contributed by atoms with Gasteiger partial charge >= 0.3 is 0 Å². The quantitative estimate of drug-likeness (QED) is 0.410. The Morgan fingerprint density at radius 1 is 1.28 bits per heavy atom. The van der Waals surface area contributed by atoms with Crippen molar-refractivity contribution in [2.45, 2.75) is 46.0 Å². The third-order valence-corrected chi connectivity index (χ3v) is 5.04. The smallest absolute Gasteiger partial charge is 0.226 e. The van der Waals surface area contributed by atoms with Crippen LogP contribution in [0.5, 0.6) is 0 Å². The van der Waals surface area contributed by atoms with E-state index >= 15 is 0 Å². The van der Waals surface area contributed by atoms with Crippen molar-refractivity contribution in [2.75, 3.05) is 39.4 Å². The standard InChI is InChI=1S/C17H29N5O2.HI/c1-3-15-20-14(21-24-15)5-9-19-16(18-4-2)22-10-6-17(13-22)7-11-23-12-8-17;/h3-13H2,1-2H3,(H,18,19);1H. The largest absolute Gasteiger partial charge is 0.381 e. The molecule has 0 radical (unpaired) electrons. The van der Waals surface area contributed by atoms with E-state index in [1.54, 1.807) is 0 Å². The Kier molecular flexibility index (Phi) is 7.92. The number of guanidine groups is 1. The van der Waals surface area contributed by atoms with Crippen LogP contribution >= 0.6 is 24.0 Å². The number of halogens is 1. The van der Waals surface area contributed by atoms with E-state index in [1.165, 1.54) is 19.3 Å². The van der Waals surface area contributed by atoms with Gasteiger partial charge in [-0.1, -0.05) is 12.1 Å². The van der Waals surface area contributed by atoms with Gasteiger partial charge in [0.1, 0.15) is 0 Å². The Hall–Kier alpha value is -0.900. The lowest BCUT2D eigenvalue weighted by Gasteiger charge is -2.33. The third-order valence-electron chi connectivity index (χ3n) is 5.04. The second-order valence-electron chi connectivity index (χ2n) is 6.73. The van der Waals surface area contributed by atoms with E-state index in [0.29, 0.717) is 24.3 Å². The zero-order valence-corrected chi connectivity index (χ0v) is 17.6. The highest BCUT2D eigenvalue weighted by atomic mass is 127. The van der Waals surface area contributed by atoms with Gasteiger partial charge in [0.2, 0.25) is 5.89 Å². The van der Waals surface area contributed by atoms with Crippen LogP contribution in [0.15, 0.2) is 9.52 Å². The number of nitrogens with zero attached hydrogens (tertiary/aromatic N) is 4. The van der Waals surface area contributed by atoms with E-state index in [1.807, 2.05) is 6.92 Å². The Balaban J connectivity index is 0.00000225. The molecule has 2 aliphatic rings. The molecule has 2 saturated heterocycles. The summed E-state index contributed by atoms with van der Waals surface area (Å²) in [5, 5.41) is 7.42. The van der Waals surface area contributed by atoms with Crippen LogP contribution < -0.4 is 5.32 Å². The van der Waals surface area contributed by atoms with E-state index in [2.05, 4.69) is 27.3 Å². The number of aliphatic imine (C=N–C) groups is 1. The summed E-state index contributed by atoms with van der Waals surface area (Å²) in [6.45, 7) is 9.66. The molecule has 0 aromatic carbocycles. The van der Waals surface area contributed by atoms with Gasteiger partial charge in [-0.05, 0) is 31.6 Å². The first-order valence-corrected chi connectivity index (χ1v) is 9.17. The van der Waals surface area contributed by atoms with Gasteiger partial charge in [-0.3, -0.25) is 4.99 Å². The van der Waals surface area contributed by atoms with E-state index < -0.39 is 0 Å². The summed E-state index contributed by atoms with van der Waals surface area (Å²) in [5.41, 5.74) is 0.429. The van der Waals surface area contributed by atoms with Crippen molar-refractivity contribution in [3.63, 3.8) is 0 Å². The molecule has 2 aliphatic heterocycles. The van der Waals surface area contributed by atoms with Crippen LogP contribution in [0.1, 0.15) is 44.8 Å². The van der Waals surface area contributed by atoms with E-state index in [0.717, 1.165) is 51.1 Å². The Morgan fingerprint density at radius 3 is 2.76 bits per heavy atom. The molecule has 0 aliphatic carbocycles. The van der Waals surface area contributed by atoms with Crippen molar-refractivity contribution in [1.29, 1.82) is 0 Å². The SMILES string of the molecule is CCNC(=NCCc1noc(CC)n1)N1CCC2(CCOCC2)C1.I. The van der Waals surface area contributed by atoms with Crippen LogP contribution in [-0.4, -0.2) is 60.4 Å². The molecule has 0 saturated carbocycles. The highest BCUT2D eigenvalue weighted by Crippen LogP contribution is 2.39. The maximum atomic E-state index is 5.54. The minimum Gasteiger partial charge on any atom is -0.381 e. The fourth-order valence-corrected chi connectivity index (χ4v) is 3.55. The summed E-state index contributed by atoms with van der Waals surface area (Å²) in [6.07, 6.45) is 5.08. The van der Waals surface area contributed by atoms with Crippen molar-refractivity contribution < 1.29 is 9.26 Å². The summed E-state index contributed by atoms with van der Waals surface area (Å²) in [7, 11) is 0. The minimum absolute atomic E-state index is 0. The molecule has 142 valence electrons. The van der Waals surface area contributed by atoms with Gasteiger partial charge in [-0.15, -0.1) is 24.0 Å². The summed E-state index contributed by atoms with van der Waals surface area (Å²) >= 11 is 0. The van der Waals surface area contributed by atoms with Crippen LogP contribution in [0.4, 0.5) is 0 Å². The summed E-state index contributed by atoms with van der Waals surface area (Å²) in [6, 6.07) is 0. The average Bonchev–Trinajstić information content (AvgIpc) is 3.22. The van der Waals surface area contributed by atoms with Crippen LogP contribution in [0.3, 0.4) is 0 Å². The maximum Gasteiger partial charge on any atom is 0.226 e. The maximum absolute atomic E-state index is 5.54. The normalized spacial score (nSPS) is 19.9. The van der Waals surface area contributed by atoms with E-state index in [-0.39, 0.29) is 24.0 Å². The van der Waals surface area contributed by atoms with E-state index in [4.69, 9.17) is 14.3 Å². The van der Waals surface area contributed by atoms with Crippen LogP contribution in [0.25, 0.3) is 0 Å². The Bertz CT molecular complexity index is 557. The molecule has 3 rings (SSSR count). The van der Waals surface area contributed by atoms with Gasteiger partial charge in [0.15, 0.2) is 11.8 Å². The molecule has 1 aromatic heterocycles. The number of hydrogen-bond donors (Lipinski definition) is 1. The summed E-state index contributed by atoms with van der Waals surface area (Å²) in [5.74, 6) is 2.45. The molecule has 0 bridgehead atoms. The fourth-order valence-electron chi connectivity index (χ4n) is 3.55. The molecule has 8 heteroatoms. The molecule has 0 unspecified atom stereocenters. The Morgan fingerprint density at radius 2 is 2.08 bits per heavy atom. The average molecular weight is 463 g/mol. The number of hydrogen-bond acceptors (Lipinski definition) is 5. The molecule has 1 N–H and O–H groups in total. The number of ether oxygens (including phenoxy) is 1. The zero-order valence-electron chi connectivity index (χ0n) is 15.3. The van der Waals surface area contributed by atoms with Crippen LogP contribution in [0, 0.1) is 5.41 Å². The van der Waals surface area contributed by atoms with Crippen molar-refractivity contribution in [1.82, 2.24) is 20.4 Å². The number of likely N-dealkylation sites (tertiary alicyclic amines) is 1. The molecule has 1 aromatic rings. The molecule has 3 heterocycles. The number of aromatic nitrogens is 2. The van der Waals surface area contributed by atoms with Crippen LogP contribution in [-0.2, 0) is 17.6 Å². The van der Waals surface area contributed by atoms with Crippen LogP contribution in [0.2, 0.25) is 0 Å². The third kappa shape index (κ3) is 5.29. The first-order chi connectivity index (χ1) is 11.7. The highest BCUT2D eigenvalue weighted by Gasteiger charge is 2.40. The molecular formula is C17H30IN5O2. The van der Waals surface area contributed by atoms with Crippen molar-refractivity contribution >= 4 is 29.9 Å². The molecule has 2 fully saturated rings. The summed E-state index contributed by atoms with van der Waals surface area (Å²) in [4.78, 5) is 11.5. The summed E-state index contributed by atoms with van der Waals surface area (Å²) < 4.78 is 10.7. The second kappa shape index (κ2) is 9.70. The molecule has 7 nitrogen and oxygen atoms in total. The predicted octanol–water partition coefficient (Wildman–Crippen LogP) is 2.26. The van der Waals surface area contributed by atoms with E-state index in [9.17, 15) is 0 Å². The lowest BCUT2D eigenvalue weighted by atomic mass is 9.80. The van der Waals surface area contributed by atoms with Gasteiger partial charge < -0.3 is 19.5 Å². The monoisotopic (exact) mass is 463 g/mol. The highest BCUT2D eigenvalue weighted by molar-refractivity contribution is 14.0. The zero-order chi connectivity index (χ0) is 16.8. The predicted molar refractivity (Wildman–Crippen MR) is 107 cm³/mol. The van der Waals surface area contributed by atoms with Gasteiger partial charge in [0.25, 0.3) is 0 Å². The minimum atomic E-state index is 0. The van der Waals surface area contributed by atoms with Crippen molar-refractivity contribution in [2.24, 2.45) is 10.4 Å². The number of aryl methyl sites for hydroxylation is 1. The second-order valence-corrected chi connectivity index (χ2v) is 6.73. The molecular weight excluding hydrogens is 433 g/mol. The number of rotatable bonds is 5. The van der Waals surface area contributed by atoms with Gasteiger partial charge in [0, 0.05) is 52.2 Å². The van der Waals surface area contributed by atoms with Gasteiger partial charge in [0.05, 0.1) is 0 Å². The lowest BCUT2D eigenvalue weighted by molar-refractivity contribution is 0.0217. The fraction of sp³-hybridized carbons (Fsp3) is 0.824. The van der Waals surface area contributed by atoms with Crippen molar-refractivity contribution in [3.05, 3.63) is 11.7 Å². The molecule has 25 heavy (non-hydrogen) atoms. The van der Waals surface area contributed by atoms with Gasteiger partial charge in [-0.2, -0.15) is 4.98 Å². The molecule has 0 amide bonds. The molecule has 1 spiro atoms. The van der Waals surface area contributed by atoms with Crippen molar-refractivity contribution in [3.8, 4) is 0 Å². The Labute approximate surface area is 167 Å².